The molecule has 1 aromatic heterocycles. The molecule has 1 heterocycles. The number of carbonyl (C=O) groups is 2. The van der Waals surface area contributed by atoms with Crippen LogP contribution in [0.2, 0.25) is 0 Å². The smallest absolute Gasteiger partial charge is 0.269 e. The number of aromatic nitrogens is 1. The van der Waals surface area contributed by atoms with Crippen molar-refractivity contribution in [1.82, 2.24) is 15.8 Å². The molecule has 2 N–H and O–H groups in total. The monoisotopic (exact) mass is 443 g/mol. The number of carbonyl (C=O) groups excluding carboxylic acids is 2. The van der Waals surface area contributed by atoms with E-state index in [9.17, 15) is 14.0 Å². The Morgan fingerprint density at radius 2 is 1.84 bits per heavy atom. The van der Waals surface area contributed by atoms with Crippen molar-refractivity contribution in [2.24, 2.45) is 0 Å². The van der Waals surface area contributed by atoms with Crippen LogP contribution in [0.25, 0.3) is 10.6 Å². The average molecular weight is 444 g/mol. The molecule has 0 saturated carbocycles. The largest absolute Gasteiger partial charge is 0.493 e. The van der Waals surface area contributed by atoms with Gasteiger partial charge in [0.2, 0.25) is 5.91 Å². The number of nitrogens with zero attached hydrogens (tertiary/aromatic N) is 1. The van der Waals surface area contributed by atoms with Crippen molar-refractivity contribution < 1.29 is 23.5 Å². The Bertz CT molecular complexity index is 1070. The minimum absolute atomic E-state index is 0.0114. The Kier molecular flexibility index (Phi) is 7.19. The Hall–Kier alpha value is -3.46. The van der Waals surface area contributed by atoms with Gasteiger partial charge in [0.1, 0.15) is 10.8 Å². The molecule has 2 aromatic carbocycles. The Labute approximate surface area is 183 Å². The van der Waals surface area contributed by atoms with E-state index in [0.29, 0.717) is 27.8 Å². The van der Waals surface area contributed by atoms with Crippen molar-refractivity contribution in [3.05, 3.63) is 64.9 Å². The van der Waals surface area contributed by atoms with Crippen molar-refractivity contribution >= 4 is 23.2 Å². The summed E-state index contributed by atoms with van der Waals surface area (Å²) in [7, 11) is 1.49. The van der Waals surface area contributed by atoms with Crippen molar-refractivity contribution in [3.8, 4) is 22.1 Å². The summed E-state index contributed by atoms with van der Waals surface area (Å²) in [5.41, 5.74) is 6.37. The molecular formula is C22H22FN3O4S. The molecule has 0 radical (unpaired) electrons. The summed E-state index contributed by atoms with van der Waals surface area (Å²) in [5.74, 6) is -0.290. The van der Waals surface area contributed by atoms with Crippen LogP contribution >= 0.6 is 11.3 Å². The SMILES string of the molecule is COc1cc(C(=O)NNC(=O)Cc2csc(-c3ccc(F)cc3)n2)ccc1OC(C)C. The van der Waals surface area contributed by atoms with Crippen molar-refractivity contribution in [3.63, 3.8) is 0 Å². The first-order chi connectivity index (χ1) is 14.9. The van der Waals surface area contributed by atoms with Crippen molar-refractivity contribution in [1.29, 1.82) is 0 Å². The van der Waals surface area contributed by atoms with Crippen LogP contribution in [0.4, 0.5) is 4.39 Å². The number of rotatable bonds is 7. The van der Waals surface area contributed by atoms with E-state index in [2.05, 4.69) is 15.8 Å². The Morgan fingerprint density at radius 3 is 2.52 bits per heavy atom. The number of benzene rings is 2. The van der Waals surface area contributed by atoms with Gasteiger partial charge in [-0.1, -0.05) is 0 Å². The average Bonchev–Trinajstić information content (AvgIpc) is 3.20. The Balaban J connectivity index is 1.56. The molecule has 0 aliphatic heterocycles. The van der Waals surface area contributed by atoms with Gasteiger partial charge < -0.3 is 9.47 Å². The van der Waals surface area contributed by atoms with Gasteiger partial charge in [-0.05, 0) is 56.3 Å². The third kappa shape index (κ3) is 6.02. The highest BCUT2D eigenvalue weighted by atomic mass is 32.1. The molecule has 0 spiro atoms. The Morgan fingerprint density at radius 1 is 1.10 bits per heavy atom. The molecule has 0 fully saturated rings. The van der Waals surface area contributed by atoms with Crippen LogP contribution in [-0.4, -0.2) is 30.0 Å². The fourth-order valence-corrected chi connectivity index (χ4v) is 3.51. The highest BCUT2D eigenvalue weighted by Crippen LogP contribution is 2.29. The van der Waals surface area contributed by atoms with Crippen LogP contribution in [0.15, 0.2) is 47.8 Å². The first-order valence-corrected chi connectivity index (χ1v) is 10.4. The second kappa shape index (κ2) is 10.0. The molecule has 2 amide bonds. The summed E-state index contributed by atoms with van der Waals surface area (Å²) >= 11 is 1.35. The topological polar surface area (TPSA) is 89.6 Å². The minimum Gasteiger partial charge on any atom is -0.493 e. The highest BCUT2D eigenvalue weighted by Gasteiger charge is 2.14. The lowest BCUT2D eigenvalue weighted by molar-refractivity contribution is -0.121. The van der Waals surface area contributed by atoms with E-state index in [4.69, 9.17) is 9.47 Å². The highest BCUT2D eigenvalue weighted by molar-refractivity contribution is 7.13. The van der Waals surface area contributed by atoms with Crippen LogP contribution in [0, 0.1) is 5.82 Å². The summed E-state index contributed by atoms with van der Waals surface area (Å²) in [5, 5.41) is 2.43. The maximum absolute atomic E-state index is 13.0. The summed E-state index contributed by atoms with van der Waals surface area (Å²) < 4.78 is 23.9. The van der Waals surface area contributed by atoms with Gasteiger partial charge >= 0.3 is 0 Å². The number of thiazole rings is 1. The molecular weight excluding hydrogens is 421 g/mol. The standard InChI is InChI=1S/C22H22FN3O4S/c1-13(2)30-18-9-6-15(10-19(18)29-3)21(28)26-25-20(27)11-17-12-31-22(24-17)14-4-7-16(23)8-5-14/h4-10,12-13H,11H2,1-3H3,(H,25,27)(H,26,28). The van der Waals surface area contributed by atoms with E-state index in [-0.39, 0.29) is 18.3 Å². The molecule has 0 aliphatic rings. The molecule has 0 atom stereocenters. The van der Waals surface area contributed by atoms with Gasteiger partial charge in [-0.25, -0.2) is 9.37 Å². The second-order valence-electron chi connectivity index (χ2n) is 6.86. The van der Waals surface area contributed by atoms with Crippen LogP contribution < -0.4 is 20.3 Å². The van der Waals surface area contributed by atoms with Crippen molar-refractivity contribution in [2.45, 2.75) is 26.4 Å². The summed E-state index contributed by atoms with van der Waals surface area (Å²) in [6, 6.07) is 10.7. The number of hydrazine groups is 1. The predicted molar refractivity (Wildman–Crippen MR) is 116 cm³/mol. The molecule has 162 valence electrons. The third-order valence-electron chi connectivity index (χ3n) is 4.09. The fourth-order valence-electron chi connectivity index (χ4n) is 2.68. The molecule has 3 aromatic rings. The molecule has 7 nitrogen and oxygen atoms in total. The zero-order valence-corrected chi connectivity index (χ0v) is 18.1. The van der Waals surface area contributed by atoms with E-state index in [1.54, 1.807) is 29.6 Å². The molecule has 31 heavy (non-hydrogen) atoms. The number of ether oxygens (including phenoxy) is 2. The maximum atomic E-state index is 13.0. The number of hydrogen-bond donors (Lipinski definition) is 2. The van der Waals surface area contributed by atoms with E-state index in [0.717, 1.165) is 5.56 Å². The normalized spacial score (nSPS) is 10.6. The summed E-state index contributed by atoms with van der Waals surface area (Å²) in [4.78, 5) is 28.9. The van der Waals surface area contributed by atoms with Gasteiger partial charge in [-0.15, -0.1) is 11.3 Å². The van der Waals surface area contributed by atoms with Gasteiger partial charge in [0.15, 0.2) is 11.5 Å². The van der Waals surface area contributed by atoms with E-state index < -0.39 is 11.8 Å². The summed E-state index contributed by atoms with van der Waals surface area (Å²) in [6.45, 7) is 3.78. The van der Waals surface area contributed by atoms with Gasteiger partial charge in [-0.3, -0.25) is 20.4 Å². The van der Waals surface area contributed by atoms with Crippen LogP contribution in [0.3, 0.4) is 0 Å². The first kappa shape index (κ1) is 22.2. The molecule has 3 rings (SSSR count). The fraction of sp³-hybridized carbons (Fsp3) is 0.227. The molecule has 9 heteroatoms. The van der Waals surface area contributed by atoms with Crippen LogP contribution in [0.1, 0.15) is 29.9 Å². The number of hydrogen-bond acceptors (Lipinski definition) is 6. The van der Waals surface area contributed by atoms with E-state index in [1.165, 1.54) is 36.6 Å². The predicted octanol–water partition coefficient (Wildman–Crippen LogP) is 3.75. The number of nitrogens with one attached hydrogen (secondary N) is 2. The van der Waals surface area contributed by atoms with Crippen molar-refractivity contribution in [2.75, 3.05) is 7.11 Å². The van der Waals surface area contributed by atoms with E-state index >= 15 is 0 Å². The lowest BCUT2D eigenvalue weighted by Crippen LogP contribution is -2.42. The zero-order chi connectivity index (χ0) is 22.4. The summed E-state index contributed by atoms with van der Waals surface area (Å²) in [6.07, 6.45) is -0.0511. The van der Waals surface area contributed by atoms with Crippen LogP contribution in [0.5, 0.6) is 11.5 Å². The van der Waals surface area contributed by atoms with Gasteiger partial charge in [-0.2, -0.15) is 0 Å². The molecule has 0 saturated heterocycles. The molecule has 0 unspecified atom stereocenters. The van der Waals surface area contributed by atoms with Gasteiger partial charge in [0.05, 0.1) is 25.3 Å². The number of halogens is 1. The van der Waals surface area contributed by atoms with Gasteiger partial charge in [0.25, 0.3) is 5.91 Å². The minimum atomic E-state index is -0.493. The van der Waals surface area contributed by atoms with Gasteiger partial charge in [0, 0.05) is 16.5 Å². The molecule has 0 bridgehead atoms. The first-order valence-electron chi connectivity index (χ1n) is 9.50. The zero-order valence-electron chi connectivity index (χ0n) is 17.3. The third-order valence-corrected chi connectivity index (χ3v) is 5.03. The lowest BCUT2D eigenvalue weighted by atomic mass is 10.2. The number of methoxy groups -OCH3 is 1. The second-order valence-corrected chi connectivity index (χ2v) is 7.72. The van der Waals surface area contributed by atoms with E-state index in [1.807, 2.05) is 13.8 Å². The number of amides is 2. The quantitative estimate of drug-likeness (QED) is 0.543. The lowest BCUT2D eigenvalue weighted by Gasteiger charge is -2.14. The molecule has 0 aliphatic carbocycles. The maximum Gasteiger partial charge on any atom is 0.269 e. The van der Waals surface area contributed by atoms with Crippen LogP contribution in [-0.2, 0) is 11.2 Å².